The number of nitrogens with zero attached hydrogens (tertiary/aromatic N) is 1. The topological polar surface area (TPSA) is 126 Å². The van der Waals surface area contributed by atoms with Gasteiger partial charge in [0.1, 0.15) is 6.29 Å². The first kappa shape index (κ1) is 45.5. The average Bonchev–Trinajstić information content (AvgIpc) is 3.63. The van der Waals surface area contributed by atoms with Crippen LogP contribution in [0.5, 0.6) is 0 Å². The van der Waals surface area contributed by atoms with E-state index >= 15 is 0 Å². The summed E-state index contributed by atoms with van der Waals surface area (Å²) in [5, 5.41) is 0. The van der Waals surface area contributed by atoms with E-state index in [4.69, 9.17) is 18.9 Å². The van der Waals surface area contributed by atoms with Crippen molar-refractivity contribution in [2.24, 2.45) is 0 Å². The molecule has 290 valence electrons. The molecule has 0 aromatic rings. The number of carbonyl (C=O) groups is 5. The molecule has 10 nitrogen and oxygen atoms in total. The minimum absolute atomic E-state index is 0.134. The van der Waals surface area contributed by atoms with Crippen molar-refractivity contribution >= 4 is 30.2 Å². The molecular weight excluding hydrogens is 638 g/mol. The molecule has 50 heavy (non-hydrogen) atoms. The van der Waals surface area contributed by atoms with Crippen LogP contribution in [0.4, 0.5) is 0 Å². The summed E-state index contributed by atoms with van der Waals surface area (Å²) in [4.78, 5) is 64.3. The molecule has 0 spiro atoms. The number of rotatable bonds is 34. The van der Waals surface area contributed by atoms with Gasteiger partial charge in [-0.3, -0.25) is 14.4 Å². The van der Waals surface area contributed by atoms with Gasteiger partial charge in [-0.1, -0.05) is 71.6 Å². The molecule has 0 radical (unpaired) electrons. The van der Waals surface area contributed by atoms with Crippen LogP contribution in [0, 0.1) is 0 Å². The van der Waals surface area contributed by atoms with Gasteiger partial charge in [-0.15, -0.1) is 0 Å². The van der Waals surface area contributed by atoms with Crippen LogP contribution < -0.4 is 0 Å². The molecule has 1 aliphatic heterocycles. The second kappa shape index (κ2) is 31.3. The van der Waals surface area contributed by atoms with Gasteiger partial charge in [0.15, 0.2) is 0 Å². The van der Waals surface area contributed by atoms with Crippen molar-refractivity contribution < 1.29 is 42.9 Å². The number of carbonyl (C=O) groups excluding carboxylic acids is 5. The number of ether oxygens (including phenoxy) is 4. The smallest absolute Gasteiger partial charge is 0.351 e. The van der Waals surface area contributed by atoms with E-state index in [1.54, 1.807) is 0 Å². The van der Waals surface area contributed by atoms with E-state index < -0.39 is 17.5 Å². The van der Waals surface area contributed by atoms with Crippen molar-refractivity contribution in [1.82, 2.24) is 4.90 Å². The zero-order valence-corrected chi connectivity index (χ0v) is 31.8. The van der Waals surface area contributed by atoms with Crippen LogP contribution in [0.3, 0.4) is 0 Å². The third kappa shape index (κ3) is 23.8. The highest BCUT2D eigenvalue weighted by Crippen LogP contribution is 2.27. The molecule has 1 saturated heterocycles. The molecule has 1 heterocycles. The second-order valence-corrected chi connectivity index (χ2v) is 14.0. The van der Waals surface area contributed by atoms with Gasteiger partial charge >= 0.3 is 23.9 Å². The summed E-state index contributed by atoms with van der Waals surface area (Å²) in [6, 6.07) is 0. The molecule has 1 aliphatic rings. The van der Waals surface area contributed by atoms with Crippen LogP contribution in [0.1, 0.15) is 181 Å². The summed E-state index contributed by atoms with van der Waals surface area (Å²) in [7, 11) is 0. The van der Waals surface area contributed by atoms with Crippen LogP contribution >= 0.6 is 0 Å². The van der Waals surface area contributed by atoms with E-state index in [0.717, 1.165) is 122 Å². The van der Waals surface area contributed by atoms with Crippen LogP contribution in [0.25, 0.3) is 0 Å². The molecule has 0 amide bonds. The predicted molar refractivity (Wildman–Crippen MR) is 196 cm³/mol. The first-order valence-corrected chi connectivity index (χ1v) is 20.2. The Morgan fingerprint density at radius 1 is 0.560 bits per heavy atom. The summed E-state index contributed by atoms with van der Waals surface area (Å²) in [6.07, 6.45) is 21.1. The molecule has 1 rings (SSSR count). The summed E-state index contributed by atoms with van der Waals surface area (Å²) in [6.45, 7) is 8.42. The summed E-state index contributed by atoms with van der Waals surface area (Å²) in [5.74, 6) is -1.40. The maximum absolute atomic E-state index is 13.4. The molecule has 0 aromatic heterocycles. The third-order valence-electron chi connectivity index (χ3n) is 9.39. The molecule has 10 heteroatoms. The lowest BCUT2D eigenvalue weighted by atomic mass is 9.92. The van der Waals surface area contributed by atoms with E-state index in [1.165, 1.54) is 12.8 Å². The van der Waals surface area contributed by atoms with Crippen molar-refractivity contribution in [2.45, 2.75) is 186 Å². The minimum Gasteiger partial charge on any atom is -0.466 e. The van der Waals surface area contributed by atoms with E-state index in [0.29, 0.717) is 51.6 Å². The standard InChI is InChI=1S/C40H71NO9/c1-3-5-7-14-24-36(43)47-33-21-11-9-10-17-27-40(28-32-42,50-38(45)26-16-18-29-41-30-19-20-31-41)39(46)49-35-23-13-12-22-34-48-37(44)25-15-8-6-4-2/h32H,3-31,33-35H2,1-2H3. The van der Waals surface area contributed by atoms with E-state index in [-0.39, 0.29) is 37.8 Å². The van der Waals surface area contributed by atoms with Crippen molar-refractivity contribution in [3.05, 3.63) is 0 Å². The lowest BCUT2D eigenvalue weighted by Crippen LogP contribution is -2.45. The molecule has 0 bridgehead atoms. The summed E-state index contributed by atoms with van der Waals surface area (Å²) in [5.41, 5.74) is -1.62. The Hall–Kier alpha value is -2.49. The van der Waals surface area contributed by atoms with E-state index in [2.05, 4.69) is 18.7 Å². The molecule has 0 aliphatic carbocycles. The molecule has 0 saturated carbocycles. The Kier molecular flexibility index (Phi) is 28.5. The summed E-state index contributed by atoms with van der Waals surface area (Å²) >= 11 is 0. The molecule has 1 unspecified atom stereocenters. The number of esters is 4. The Labute approximate surface area is 303 Å². The van der Waals surface area contributed by atoms with Gasteiger partial charge in [-0.25, -0.2) is 4.79 Å². The van der Waals surface area contributed by atoms with Crippen LogP contribution in [-0.2, 0) is 42.9 Å². The van der Waals surface area contributed by atoms with Crippen molar-refractivity contribution in [2.75, 3.05) is 39.5 Å². The largest absolute Gasteiger partial charge is 0.466 e. The zero-order chi connectivity index (χ0) is 36.5. The molecule has 0 N–H and O–H groups in total. The Morgan fingerprint density at radius 3 is 1.56 bits per heavy atom. The third-order valence-corrected chi connectivity index (χ3v) is 9.39. The van der Waals surface area contributed by atoms with Crippen molar-refractivity contribution in [1.29, 1.82) is 0 Å². The normalized spacial score (nSPS) is 14.2. The Morgan fingerprint density at radius 2 is 1.02 bits per heavy atom. The number of likely N-dealkylation sites (tertiary alicyclic amines) is 1. The maximum atomic E-state index is 13.4. The highest BCUT2D eigenvalue weighted by molar-refractivity contribution is 5.86. The first-order valence-electron chi connectivity index (χ1n) is 20.2. The van der Waals surface area contributed by atoms with Crippen LogP contribution in [-0.4, -0.2) is 80.1 Å². The van der Waals surface area contributed by atoms with Gasteiger partial charge in [-0.2, -0.15) is 0 Å². The summed E-state index contributed by atoms with van der Waals surface area (Å²) < 4.78 is 22.1. The van der Waals surface area contributed by atoms with E-state index in [9.17, 15) is 24.0 Å². The Bertz CT molecular complexity index is 905. The highest BCUT2D eigenvalue weighted by atomic mass is 16.6. The van der Waals surface area contributed by atoms with E-state index in [1.807, 2.05) is 0 Å². The SMILES string of the molecule is CCCCCCC(=O)OCCCCCCCC(CC=O)(OC(=O)CCCCN1CCCC1)C(=O)OCCCCCCOC(=O)CCCCCC. The molecule has 1 fully saturated rings. The quantitative estimate of drug-likeness (QED) is 0.0278. The van der Waals surface area contributed by atoms with Crippen molar-refractivity contribution in [3.8, 4) is 0 Å². The zero-order valence-electron chi connectivity index (χ0n) is 31.8. The number of hydrogen-bond donors (Lipinski definition) is 0. The van der Waals surface area contributed by atoms with Gasteiger partial charge in [0.2, 0.25) is 5.60 Å². The van der Waals surface area contributed by atoms with Gasteiger partial charge in [0.05, 0.1) is 26.2 Å². The molecule has 1 atom stereocenters. The van der Waals surface area contributed by atoms with Gasteiger partial charge < -0.3 is 28.6 Å². The second-order valence-electron chi connectivity index (χ2n) is 14.0. The minimum atomic E-state index is -1.62. The molecule has 0 aromatic carbocycles. The van der Waals surface area contributed by atoms with Gasteiger partial charge in [0.25, 0.3) is 0 Å². The predicted octanol–water partition coefficient (Wildman–Crippen LogP) is 8.59. The fourth-order valence-corrected chi connectivity index (χ4v) is 6.24. The van der Waals surface area contributed by atoms with Crippen molar-refractivity contribution in [3.63, 3.8) is 0 Å². The number of aldehydes is 1. The fourth-order valence-electron chi connectivity index (χ4n) is 6.24. The van der Waals surface area contributed by atoms with Crippen LogP contribution in [0.15, 0.2) is 0 Å². The van der Waals surface area contributed by atoms with Crippen LogP contribution in [0.2, 0.25) is 0 Å². The average molecular weight is 710 g/mol. The molecular formula is C40H71NO9. The lowest BCUT2D eigenvalue weighted by molar-refractivity contribution is -0.185. The maximum Gasteiger partial charge on any atom is 0.351 e. The Balaban J connectivity index is 2.49. The highest BCUT2D eigenvalue weighted by Gasteiger charge is 2.43. The lowest BCUT2D eigenvalue weighted by Gasteiger charge is -2.30. The van der Waals surface area contributed by atoms with Gasteiger partial charge in [-0.05, 0) is 103 Å². The van der Waals surface area contributed by atoms with Gasteiger partial charge in [0, 0.05) is 19.3 Å². The number of unbranched alkanes of at least 4 members (excludes halogenated alkanes) is 14. The first-order chi connectivity index (χ1) is 24.4. The monoisotopic (exact) mass is 710 g/mol. The number of hydrogen-bond acceptors (Lipinski definition) is 10. The fraction of sp³-hybridized carbons (Fsp3) is 0.875.